The average Bonchev–Trinajstić information content (AvgIpc) is 2.95. The van der Waals surface area contributed by atoms with Gasteiger partial charge in [-0.3, -0.25) is 4.79 Å². The van der Waals surface area contributed by atoms with Crippen molar-refractivity contribution in [3.05, 3.63) is 65.4 Å². The van der Waals surface area contributed by atoms with Gasteiger partial charge in [0.25, 0.3) is 0 Å². The highest BCUT2D eigenvalue weighted by Gasteiger charge is 2.30. The Balaban J connectivity index is 1.57. The fraction of sp³-hybridized carbons (Fsp3) is 0.211. The summed E-state index contributed by atoms with van der Waals surface area (Å²) in [5.41, 5.74) is 3.25. The van der Waals surface area contributed by atoms with E-state index < -0.39 is 6.36 Å². The predicted molar refractivity (Wildman–Crippen MR) is 89.6 cm³/mol. The van der Waals surface area contributed by atoms with E-state index in [0.29, 0.717) is 5.56 Å². The van der Waals surface area contributed by atoms with E-state index in [-0.39, 0.29) is 24.6 Å². The molecule has 0 atom stereocenters. The third-order valence-electron chi connectivity index (χ3n) is 3.81. The number of carbonyl (C=O) groups excluding carboxylic acids is 1. The summed E-state index contributed by atoms with van der Waals surface area (Å²) < 4.78 is 45.6. The highest BCUT2D eigenvalue weighted by molar-refractivity contribution is 5.87. The summed E-state index contributed by atoms with van der Waals surface area (Å²) in [4.78, 5) is 12.1. The van der Waals surface area contributed by atoms with Crippen LogP contribution >= 0.6 is 0 Å². The van der Waals surface area contributed by atoms with Crippen LogP contribution in [0.3, 0.4) is 0 Å². The van der Waals surface area contributed by atoms with E-state index in [4.69, 9.17) is 4.42 Å². The molecule has 0 aliphatic carbocycles. The first-order chi connectivity index (χ1) is 12.3. The molecule has 0 bridgehead atoms. The van der Waals surface area contributed by atoms with Crippen LogP contribution in [0.2, 0.25) is 0 Å². The Morgan fingerprint density at radius 3 is 2.58 bits per heavy atom. The van der Waals surface area contributed by atoms with E-state index in [9.17, 15) is 18.0 Å². The zero-order valence-electron chi connectivity index (χ0n) is 13.9. The van der Waals surface area contributed by atoms with Crippen LogP contribution in [0.5, 0.6) is 5.75 Å². The standard InChI is InChI=1S/C19H16F3NO3/c1-12-2-7-16-14(11-25-17(16)8-12)9-18(24)23-10-13-3-5-15(6-4-13)26-19(20,21)22/h2-8,11H,9-10H2,1H3,(H,23,24). The van der Waals surface area contributed by atoms with Crippen molar-refractivity contribution in [3.63, 3.8) is 0 Å². The van der Waals surface area contributed by atoms with Crippen molar-refractivity contribution in [3.8, 4) is 5.75 Å². The van der Waals surface area contributed by atoms with E-state index in [1.807, 2.05) is 25.1 Å². The number of carbonyl (C=O) groups is 1. The second-order valence-corrected chi connectivity index (χ2v) is 5.91. The summed E-state index contributed by atoms with van der Waals surface area (Å²) >= 11 is 0. The van der Waals surface area contributed by atoms with Crippen molar-refractivity contribution in [2.24, 2.45) is 0 Å². The fourth-order valence-electron chi connectivity index (χ4n) is 2.57. The molecule has 0 unspecified atom stereocenters. The van der Waals surface area contributed by atoms with Crippen LogP contribution in [-0.2, 0) is 17.8 Å². The van der Waals surface area contributed by atoms with E-state index in [1.165, 1.54) is 24.3 Å². The number of ether oxygens (including phenoxy) is 1. The summed E-state index contributed by atoms with van der Waals surface area (Å²) in [5.74, 6) is -0.503. The topological polar surface area (TPSA) is 51.5 Å². The first-order valence-electron chi connectivity index (χ1n) is 7.88. The molecule has 0 aliphatic rings. The zero-order valence-corrected chi connectivity index (χ0v) is 13.9. The van der Waals surface area contributed by atoms with Gasteiger partial charge < -0.3 is 14.5 Å². The minimum atomic E-state index is -4.72. The zero-order chi connectivity index (χ0) is 18.7. The van der Waals surface area contributed by atoms with Gasteiger partial charge in [0.1, 0.15) is 11.3 Å². The van der Waals surface area contributed by atoms with E-state index in [0.717, 1.165) is 22.1 Å². The third kappa shape index (κ3) is 4.56. The summed E-state index contributed by atoms with van der Waals surface area (Å²) in [6.45, 7) is 2.17. The molecule has 1 heterocycles. The van der Waals surface area contributed by atoms with Gasteiger partial charge in [0.15, 0.2) is 0 Å². The summed E-state index contributed by atoms with van der Waals surface area (Å²) in [6, 6.07) is 11.1. The fourth-order valence-corrected chi connectivity index (χ4v) is 2.57. The number of amides is 1. The Hall–Kier alpha value is -2.96. The minimum Gasteiger partial charge on any atom is -0.464 e. The highest BCUT2D eigenvalue weighted by atomic mass is 19.4. The Morgan fingerprint density at radius 2 is 1.88 bits per heavy atom. The van der Waals surface area contributed by atoms with Crippen molar-refractivity contribution >= 4 is 16.9 Å². The molecule has 0 saturated carbocycles. The lowest BCUT2D eigenvalue weighted by Crippen LogP contribution is -2.24. The van der Waals surface area contributed by atoms with Gasteiger partial charge in [-0.25, -0.2) is 0 Å². The molecule has 26 heavy (non-hydrogen) atoms. The van der Waals surface area contributed by atoms with Crippen molar-refractivity contribution in [1.82, 2.24) is 5.32 Å². The number of hydrogen-bond acceptors (Lipinski definition) is 3. The molecular formula is C19H16F3NO3. The molecule has 7 heteroatoms. The molecule has 0 fully saturated rings. The Labute approximate surface area is 147 Å². The van der Waals surface area contributed by atoms with Gasteiger partial charge in [-0.2, -0.15) is 0 Å². The Kier molecular flexibility index (Phi) is 4.88. The maximum absolute atomic E-state index is 12.1. The number of halogens is 3. The highest BCUT2D eigenvalue weighted by Crippen LogP contribution is 2.24. The molecule has 1 aromatic heterocycles. The van der Waals surface area contributed by atoms with Gasteiger partial charge >= 0.3 is 6.36 Å². The first-order valence-corrected chi connectivity index (χ1v) is 7.88. The maximum Gasteiger partial charge on any atom is 0.573 e. The molecule has 3 rings (SSSR count). The molecule has 1 N–H and O–H groups in total. The smallest absolute Gasteiger partial charge is 0.464 e. The van der Waals surface area contributed by atoms with Crippen molar-refractivity contribution in [1.29, 1.82) is 0 Å². The van der Waals surface area contributed by atoms with E-state index >= 15 is 0 Å². The predicted octanol–water partition coefficient (Wildman–Crippen LogP) is 4.50. The van der Waals surface area contributed by atoms with E-state index in [2.05, 4.69) is 10.1 Å². The van der Waals surface area contributed by atoms with Crippen LogP contribution in [0.1, 0.15) is 16.7 Å². The summed E-state index contributed by atoms with van der Waals surface area (Å²) in [6.07, 6.45) is -3.00. The number of furan rings is 1. The normalized spacial score (nSPS) is 11.5. The lowest BCUT2D eigenvalue weighted by molar-refractivity contribution is -0.274. The van der Waals surface area contributed by atoms with Gasteiger partial charge in [-0.05, 0) is 36.2 Å². The number of benzene rings is 2. The maximum atomic E-state index is 12.1. The second-order valence-electron chi connectivity index (χ2n) is 5.91. The molecule has 0 saturated heterocycles. The lowest BCUT2D eigenvalue weighted by Gasteiger charge is -2.09. The lowest BCUT2D eigenvalue weighted by atomic mass is 10.1. The molecule has 4 nitrogen and oxygen atoms in total. The number of nitrogens with one attached hydrogen (secondary N) is 1. The van der Waals surface area contributed by atoms with Gasteiger partial charge in [0.05, 0.1) is 12.7 Å². The second kappa shape index (κ2) is 7.11. The van der Waals surface area contributed by atoms with Crippen LogP contribution in [0.4, 0.5) is 13.2 Å². The molecule has 136 valence electrons. The summed E-state index contributed by atoms with van der Waals surface area (Å²) in [5, 5.41) is 3.63. The molecule has 3 aromatic rings. The Bertz CT molecular complexity index is 914. The van der Waals surface area contributed by atoms with Crippen LogP contribution in [-0.4, -0.2) is 12.3 Å². The third-order valence-corrected chi connectivity index (χ3v) is 3.81. The minimum absolute atomic E-state index is 0.158. The molecule has 0 spiro atoms. The largest absolute Gasteiger partial charge is 0.573 e. The van der Waals surface area contributed by atoms with Gasteiger partial charge in [-0.15, -0.1) is 13.2 Å². The summed E-state index contributed by atoms with van der Waals surface area (Å²) in [7, 11) is 0. The molecule has 0 radical (unpaired) electrons. The van der Waals surface area contributed by atoms with Crippen LogP contribution in [0, 0.1) is 6.92 Å². The molecule has 1 amide bonds. The van der Waals surface area contributed by atoms with Crippen LogP contribution in [0.25, 0.3) is 11.0 Å². The van der Waals surface area contributed by atoms with Gasteiger partial charge in [0, 0.05) is 17.5 Å². The number of alkyl halides is 3. The average molecular weight is 363 g/mol. The number of hydrogen-bond donors (Lipinski definition) is 1. The van der Waals surface area contributed by atoms with Crippen molar-refractivity contribution < 1.29 is 27.1 Å². The molecular weight excluding hydrogens is 347 g/mol. The SMILES string of the molecule is Cc1ccc2c(CC(=O)NCc3ccc(OC(F)(F)F)cc3)coc2c1. The molecule has 0 aliphatic heterocycles. The molecule has 2 aromatic carbocycles. The first kappa shape index (κ1) is 17.8. The van der Waals surface area contributed by atoms with Crippen molar-refractivity contribution in [2.45, 2.75) is 26.3 Å². The monoisotopic (exact) mass is 363 g/mol. The van der Waals surface area contributed by atoms with E-state index in [1.54, 1.807) is 6.26 Å². The van der Waals surface area contributed by atoms with Crippen molar-refractivity contribution in [2.75, 3.05) is 0 Å². The van der Waals surface area contributed by atoms with Gasteiger partial charge in [0.2, 0.25) is 5.91 Å². The Morgan fingerprint density at radius 1 is 1.15 bits per heavy atom. The number of rotatable bonds is 5. The quantitative estimate of drug-likeness (QED) is 0.726. The number of aryl methyl sites for hydroxylation is 1. The van der Waals surface area contributed by atoms with Crippen LogP contribution < -0.4 is 10.1 Å². The van der Waals surface area contributed by atoms with Crippen LogP contribution in [0.15, 0.2) is 53.1 Å². The van der Waals surface area contributed by atoms with Gasteiger partial charge in [-0.1, -0.05) is 24.3 Å². The number of fused-ring (bicyclic) bond motifs is 1.